The van der Waals surface area contributed by atoms with Crippen LogP contribution in [-0.4, -0.2) is 21.3 Å². The van der Waals surface area contributed by atoms with Gasteiger partial charge in [-0.15, -0.1) is 0 Å². The summed E-state index contributed by atoms with van der Waals surface area (Å²) in [5.74, 6) is 6.71. The lowest BCUT2D eigenvalue weighted by molar-refractivity contribution is 0.350. The van der Waals surface area contributed by atoms with Gasteiger partial charge in [0.15, 0.2) is 0 Å². The molecule has 0 atom stereocenters. The zero-order valence-electron chi connectivity index (χ0n) is 11.9. The minimum atomic E-state index is -0.124. The molecule has 0 spiro atoms. The van der Waals surface area contributed by atoms with Crippen LogP contribution in [0.2, 0.25) is 0 Å². The number of aliphatic hydroxyl groups excluding tert-OH is 1. The molecule has 1 N–H and O–H groups in total. The van der Waals surface area contributed by atoms with Gasteiger partial charge in [0.2, 0.25) is 0 Å². The molecule has 0 radical (unpaired) electrons. The zero-order valence-corrected chi connectivity index (χ0v) is 11.9. The summed E-state index contributed by atoms with van der Waals surface area (Å²) in [6, 6.07) is 16.1. The van der Waals surface area contributed by atoms with Gasteiger partial charge in [0.05, 0.1) is 17.6 Å². The topological polar surface area (TPSA) is 38.0 Å². The number of aryl methyl sites for hydroxylation is 1. The molecule has 1 aromatic heterocycles. The van der Waals surface area contributed by atoms with E-state index in [1.54, 1.807) is 0 Å². The molecular formula is C18H16N2O. The molecule has 0 bridgehead atoms. The molecule has 21 heavy (non-hydrogen) atoms. The Bertz CT molecular complexity index is 837. The van der Waals surface area contributed by atoms with Crippen molar-refractivity contribution in [3.63, 3.8) is 0 Å². The van der Waals surface area contributed by atoms with E-state index in [1.807, 2.05) is 43.3 Å². The van der Waals surface area contributed by atoms with Crippen LogP contribution in [-0.2, 0) is 6.54 Å². The highest BCUT2D eigenvalue weighted by atomic mass is 16.2. The monoisotopic (exact) mass is 276 g/mol. The summed E-state index contributed by atoms with van der Waals surface area (Å²) in [5.41, 5.74) is 4.21. The Morgan fingerprint density at radius 2 is 1.86 bits per heavy atom. The quantitative estimate of drug-likeness (QED) is 0.731. The Balaban J connectivity index is 2.05. The van der Waals surface area contributed by atoms with E-state index in [1.165, 1.54) is 0 Å². The van der Waals surface area contributed by atoms with Gasteiger partial charge >= 0.3 is 0 Å². The maximum Gasteiger partial charge on any atom is 0.107 e. The number of hydrogen-bond donors (Lipinski definition) is 1. The molecule has 0 aliphatic rings. The second-order valence-corrected chi connectivity index (χ2v) is 4.85. The Hall–Kier alpha value is -2.57. The average Bonchev–Trinajstić information content (AvgIpc) is 2.82. The maximum absolute atomic E-state index is 8.87. The van der Waals surface area contributed by atoms with Crippen LogP contribution in [0.1, 0.15) is 17.0 Å². The van der Waals surface area contributed by atoms with E-state index < -0.39 is 0 Å². The third-order valence-electron chi connectivity index (χ3n) is 3.49. The zero-order chi connectivity index (χ0) is 14.7. The van der Waals surface area contributed by atoms with E-state index in [2.05, 4.69) is 33.5 Å². The Morgan fingerprint density at radius 3 is 2.71 bits per heavy atom. The van der Waals surface area contributed by atoms with E-state index in [9.17, 15) is 0 Å². The highest BCUT2D eigenvalue weighted by Crippen LogP contribution is 2.18. The van der Waals surface area contributed by atoms with Crippen LogP contribution in [0.5, 0.6) is 0 Å². The lowest BCUT2D eigenvalue weighted by Crippen LogP contribution is -2.03. The van der Waals surface area contributed by atoms with Gasteiger partial charge in [0.25, 0.3) is 0 Å². The normalized spacial score (nSPS) is 10.4. The van der Waals surface area contributed by atoms with Crippen LogP contribution < -0.4 is 0 Å². The van der Waals surface area contributed by atoms with Gasteiger partial charge in [-0.3, -0.25) is 0 Å². The molecule has 3 heteroatoms. The van der Waals surface area contributed by atoms with Crippen molar-refractivity contribution >= 4 is 11.0 Å². The first-order chi connectivity index (χ1) is 10.3. The minimum Gasteiger partial charge on any atom is -0.384 e. The van der Waals surface area contributed by atoms with Crippen molar-refractivity contribution in [2.45, 2.75) is 13.5 Å². The molecule has 0 amide bonds. The predicted molar refractivity (Wildman–Crippen MR) is 84.0 cm³/mol. The Morgan fingerprint density at radius 1 is 1.10 bits per heavy atom. The predicted octanol–water partition coefficient (Wildman–Crippen LogP) is 2.74. The van der Waals surface area contributed by atoms with Crippen LogP contribution in [0.4, 0.5) is 0 Å². The van der Waals surface area contributed by atoms with E-state index >= 15 is 0 Å². The van der Waals surface area contributed by atoms with Crippen LogP contribution in [0.3, 0.4) is 0 Å². The summed E-state index contributed by atoms with van der Waals surface area (Å²) in [6.07, 6.45) is 0. The van der Waals surface area contributed by atoms with E-state index in [0.717, 1.165) is 34.5 Å². The second-order valence-electron chi connectivity index (χ2n) is 4.85. The molecule has 0 unspecified atom stereocenters. The van der Waals surface area contributed by atoms with Crippen LogP contribution in [0, 0.1) is 18.8 Å². The van der Waals surface area contributed by atoms with Gasteiger partial charge in [-0.25, -0.2) is 4.98 Å². The number of benzene rings is 2. The number of hydrogen-bond acceptors (Lipinski definition) is 2. The largest absolute Gasteiger partial charge is 0.384 e. The number of nitrogens with zero attached hydrogens (tertiary/aromatic N) is 2. The number of aromatic nitrogens is 2. The SMILES string of the molecule is Cc1nc2ccccc2n1Cc1ccccc1C#CCO. The molecule has 0 saturated carbocycles. The highest BCUT2D eigenvalue weighted by molar-refractivity contribution is 5.76. The number of para-hydroxylation sites is 2. The molecule has 1 heterocycles. The van der Waals surface area contributed by atoms with Gasteiger partial charge in [0.1, 0.15) is 12.4 Å². The maximum atomic E-state index is 8.87. The summed E-state index contributed by atoms with van der Waals surface area (Å²) in [7, 11) is 0. The fourth-order valence-corrected chi connectivity index (χ4v) is 2.48. The average molecular weight is 276 g/mol. The minimum absolute atomic E-state index is 0.124. The molecule has 0 saturated heterocycles. The molecule has 0 fully saturated rings. The lowest BCUT2D eigenvalue weighted by atomic mass is 10.1. The van der Waals surface area contributed by atoms with Crippen molar-refractivity contribution in [3.8, 4) is 11.8 Å². The van der Waals surface area contributed by atoms with Gasteiger partial charge in [-0.05, 0) is 30.7 Å². The van der Waals surface area contributed by atoms with Crippen molar-refractivity contribution in [2.75, 3.05) is 6.61 Å². The number of rotatable bonds is 2. The Kier molecular flexibility index (Phi) is 3.72. The summed E-state index contributed by atoms with van der Waals surface area (Å²) < 4.78 is 2.19. The van der Waals surface area contributed by atoms with Gasteiger partial charge < -0.3 is 9.67 Å². The van der Waals surface area contributed by atoms with Gasteiger partial charge in [0, 0.05) is 5.56 Å². The van der Waals surface area contributed by atoms with Crippen molar-refractivity contribution in [3.05, 3.63) is 65.5 Å². The molecule has 3 aromatic rings. The van der Waals surface area contributed by atoms with Crippen LogP contribution >= 0.6 is 0 Å². The summed E-state index contributed by atoms with van der Waals surface area (Å²) in [6.45, 7) is 2.62. The number of imidazole rings is 1. The summed E-state index contributed by atoms with van der Waals surface area (Å²) in [5, 5.41) is 8.87. The third-order valence-corrected chi connectivity index (χ3v) is 3.49. The second kappa shape index (κ2) is 5.82. The molecule has 104 valence electrons. The fourth-order valence-electron chi connectivity index (χ4n) is 2.48. The van der Waals surface area contributed by atoms with Gasteiger partial charge in [-0.1, -0.05) is 42.2 Å². The smallest absolute Gasteiger partial charge is 0.107 e. The molecule has 0 aliphatic carbocycles. The molecule has 3 rings (SSSR count). The standard InChI is InChI=1S/C18H16N2O/c1-14-19-17-10-4-5-11-18(17)20(14)13-16-8-3-2-7-15(16)9-6-12-21/h2-5,7-8,10-11,21H,12-13H2,1H3. The summed E-state index contributed by atoms with van der Waals surface area (Å²) in [4.78, 5) is 4.59. The first kappa shape index (κ1) is 13.4. The van der Waals surface area contributed by atoms with E-state index in [0.29, 0.717) is 0 Å². The lowest BCUT2D eigenvalue weighted by Gasteiger charge is -2.09. The highest BCUT2D eigenvalue weighted by Gasteiger charge is 2.08. The Labute approximate surface area is 123 Å². The summed E-state index contributed by atoms with van der Waals surface area (Å²) >= 11 is 0. The molecule has 2 aromatic carbocycles. The van der Waals surface area contributed by atoms with Crippen molar-refractivity contribution in [1.82, 2.24) is 9.55 Å². The van der Waals surface area contributed by atoms with Crippen LogP contribution in [0.15, 0.2) is 48.5 Å². The molecular weight excluding hydrogens is 260 g/mol. The first-order valence-electron chi connectivity index (χ1n) is 6.89. The number of fused-ring (bicyclic) bond motifs is 1. The van der Waals surface area contributed by atoms with Crippen molar-refractivity contribution in [1.29, 1.82) is 0 Å². The van der Waals surface area contributed by atoms with Crippen LogP contribution in [0.25, 0.3) is 11.0 Å². The van der Waals surface area contributed by atoms with E-state index in [-0.39, 0.29) is 6.61 Å². The third kappa shape index (κ3) is 2.67. The molecule has 3 nitrogen and oxygen atoms in total. The van der Waals surface area contributed by atoms with Crippen molar-refractivity contribution < 1.29 is 5.11 Å². The fraction of sp³-hybridized carbons (Fsp3) is 0.167. The van der Waals surface area contributed by atoms with Gasteiger partial charge in [-0.2, -0.15) is 0 Å². The first-order valence-corrected chi connectivity index (χ1v) is 6.89. The molecule has 0 aliphatic heterocycles. The van der Waals surface area contributed by atoms with E-state index in [4.69, 9.17) is 5.11 Å². The van der Waals surface area contributed by atoms with Crippen molar-refractivity contribution in [2.24, 2.45) is 0 Å². The number of aliphatic hydroxyl groups is 1.